The number of amides is 1. The number of carbonyl (C=O) groups excluding carboxylic acids is 1. The minimum Gasteiger partial charge on any atom is -0.370 e. The molecular formula is C13H17ClN2O2. The number of rotatable bonds is 3. The lowest BCUT2D eigenvalue weighted by atomic mass is 10.1. The second-order valence-electron chi connectivity index (χ2n) is 4.26. The average molecular weight is 269 g/mol. The van der Waals surface area contributed by atoms with Gasteiger partial charge in [-0.25, -0.2) is 0 Å². The van der Waals surface area contributed by atoms with Crippen LogP contribution in [0, 0.1) is 0 Å². The Morgan fingerprint density at radius 2 is 2.28 bits per heavy atom. The predicted octanol–water partition coefficient (Wildman–Crippen LogP) is 1.59. The van der Waals surface area contributed by atoms with Crippen LogP contribution in [-0.2, 0) is 9.53 Å². The molecule has 1 aromatic rings. The second-order valence-corrected chi connectivity index (χ2v) is 4.67. The minimum absolute atomic E-state index is 0.0813. The highest BCUT2D eigenvalue weighted by Gasteiger charge is 2.25. The van der Waals surface area contributed by atoms with Gasteiger partial charge in [0, 0.05) is 30.1 Å². The van der Waals surface area contributed by atoms with Gasteiger partial charge in [-0.15, -0.1) is 0 Å². The number of benzene rings is 1. The first-order chi connectivity index (χ1) is 8.72. The van der Waals surface area contributed by atoms with Crippen LogP contribution in [0.15, 0.2) is 24.3 Å². The first-order valence-corrected chi connectivity index (χ1v) is 6.44. The molecule has 1 saturated heterocycles. The molecule has 1 aliphatic rings. The molecule has 1 unspecified atom stereocenters. The van der Waals surface area contributed by atoms with Crippen molar-refractivity contribution in [3.8, 4) is 0 Å². The number of morpholine rings is 1. The number of ether oxygens (including phenoxy) is 1. The standard InChI is InChI=1S/C13H17ClN2O2/c14-11-4-2-1-3-10(11)12-9-16(7-8-18-12)13(17)5-6-15/h1-4,12H,5-9,15H2. The molecule has 5 heteroatoms. The van der Waals surface area contributed by atoms with Crippen LogP contribution >= 0.6 is 11.6 Å². The summed E-state index contributed by atoms with van der Waals surface area (Å²) in [7, 11) is 0. The molecule has 0 radical (unpaired) electrons. The number of carbonyl (C=O) groups is 1. The van der Waals surface area contributed by atoms with E-state index in [9.17, 15) is 4.79 Å². The van der Waals surface area contributed by atoms with Gasteiger partial charge in [0.25, 0.3) is 0 Å². The molecule has 1 heterocycles. The van der Waals surface area contributed by atoms with Crippen molar-refractivity contribution in [1.82, 2.24) is 4.90 Å². The second kappa shape index (κ2) is 6.18. The molecule has 1 aromatic carbocycles. The SMILES string of the molecule is NCCC(=O)N1CCOC(c2ccccc2Cl)C1. The number of nitrogens with two attached hydrogens (primary N) is 1. The van der Waals surface area contributed by atoms with Gasteiger partial charge in [0.05, 0.1) is 13.2 Å². The number of nitrogens with zero attached hydrogens (tertiary/aromatic N) is 1. The summed E-state index contributed by atoms with van der Waals surface area (Å²) in [5.41, 5.74) is 6.34. The van der Waals surface area contributed by atoms with Gasteiger partial charge in [0.1, 0.15) is 6.10 Å². The third kappa shape index (κ3) is 3.02. The Hall–Kier alpha value is -1.10. The largest absolute Gasteiger partial charge is 0.370 e. The van der Waals surface area contributed by atoms with E-state index in [0.29, 0.717) is 37.7 Å². The Morgan fingerprint density at radius 1 is 1.50 bits per heavy atom. The quantitative estimate of drug-likeness (QED) is 0.906. The van der Waals surface area contributed by atoms with Crippen LogP contribution in [0.5, 0.6) is 0 Å². The summed E-state index contributed by atoms with van der Waals surface area (Å²) in [5, 5.41) is 0.677. The number of hydrogen-bond acceptors (Lipinski definition) is 3. The molecule has 0 saturated carbocycles. The van der Waals surface area contributed by atoms with Gasteiger partial charge in [-0.2, -0.15) is 0 Å². The zero-order chi connectivity index (χ0) is 13.0. The lowest BCUT2D eigenvalue weighted by Crippen LogP contribution is -2.42. The van der Waals surface area contributed by atoms with E-state index in [4.69, 9.17) is 22.1 Å². The Kier molecular flexibility index (Phi) is 4.58. The van der Waals surface area contributed by atoms with E-state index >= 15 is 0 Å². The van der Waals surface area contributed by atoms with Gasteiger partial charge in [-0.1, -0.05) is 29.8 Å². The molecule has 2 N–H and O–H groups in total. The van der Waals surface area contributed by atoms with Gasteiger partial charge in [0.15, 0.2) is 0 Å². The van der Waals surface area contributed by atoms with Crippen molar-refractivity contribution < 1.29 is 9.53 Å². The normalized spacial score (nSPS) is 19.9. The summed E-state index contributed by atoms with van der Waals surface area (Å²) in [5.74, 6) is 0.0813. The van der Waals surface area contributed by atoms with E-state index in [2.05, 4.69) is 0 Å². The van der Waals surface area contributed by atoms with Gasteiger partial charge >= 0.3 is 0 Å². The fourth-order valence-corrected chi connectivity index (χ4v) is 2.34. The van der Waals surface area contributed by atoms with Crippen LogP contribution in [0.1, 0.15) is 18.1 Å². The zero-order valence-electron chi connectivity index (χ0n) is 10.1. The molecule has 0 spiro atoms. The van der Waals surface area contributed by atoms with Crippen LogP contribution in [0.2, 0.25) is 5.02 Å². The molecule has 0 aromatic heterocycles. The third-order valence-corrected chi connectivity index (χ3v) is 3.37. The van der Waals surface area contributed by atoms with Gasteiger partial charge in [-0.05, 0) is 6.07 Å². The highest BCUT2D eigenvalue weighted by molar-refractivity contribution is 6.31. The average Bonchev–Trinajstić information content (AvgIpc) is 2.40. The summed E-state index contributed by atoms with van der Waals surface area (Å²) in [4.78, 5) is 13.6. The topological polar surface area (TPSA) is 55.6 Å². The molecule has 1 atom stereocenters. The highest BCUT2D eigenvalue weighted by Crippen LogP contribution is 2.28. The fourth-order valence-electron chi connectivity index (χ4n) is 2.08. The summed E-state index contributed by atoms with van der Waals surface area (Å²) < 4.78 is 5.69. The summed E-state index contributed by atoms with van der Waals surface area (Å²) in [6, 6.07) is 7.57. The molecular weight excluding hydrogens is 252 g/mol. The molecule has 1 amide bonds. The van der Waals surface area contributed by atoms with Crippen LogP contribution in [0.4, 0.5) is 0 Å². The van der Waals surface area contributed by atoms with Crippen molar-refractivity contribution in [3.05, 3.63) is 34.9 Å². The van der Waals surface area contributed by atoms with E-state index < -0.39 is 0 Å². The molecule has 0 aliphatic carbocycles. The van der Waals surface area contributed by atoms with Crippen LogP contribution in [0.3, 0.4) is 0 Å². The van der Waals surface area contributed by atoms with E-state index in [1.54, 1.807) is 4.90 Å². The maximum absolute atomic E-state index is 11.8. The Morgan fingerprint density at radius 3 is 3.00 bits per heavy atom. The molecule has 98 valence electrons. The third-order valence-electron chi connectivity index (χ3n) is 3.03. The Balaban J connectivity index is 2.07. The van der Waals surface area contributed by atoms with Crippen molar-refractivity contribution >= 4 is 17.5 Å². The van der Waals surface area contributed by atoms with Crippen molar-refractivity contribution in [1.29, 1.82) is 0 Å². The lowest BCUT2D eigenvalue weighted by molar-refractivity contribution is -0.138. The lowest BCUT2D eigenvalue weighted by Gasteiger charge is -2.33. The van der Waals surface area contributed by atoms with E-state index in [-0.39, 0.29) is 12.0 Å². The van der Waals surface area contributed by atoms with Crippen LogP contribution in [0.25, 0.3) is 0 Å². The first kappa shape index (κ1) is 13.3. The van der Waals surface area contributed by atoms with Gasteiger partial charge < -0.3 is 15.4 Å². The molecule has 4 nitrogen and oxygen atoms in total. The van der Waals surface area contributed by atoms with Crippen molar-refractivity contribution in [2.24, 2.45) is 5.73 Å². The maximum Gasteiger partial charge on any atom is 0.224 e. The smallest absolute Gasteiger partial charge is 0.224 e. The number of halogens is 1. The molecule has 18 heavy (non-hydrogen) atoms. The number of hydrogen-bond donors (Lipinski definition) is 1. The van der Waals surface area contributed by atoms with E-state index in [1.807, 2.05) is 24.3 Å². The summed E-state index contributed by atoms with van der Waals surface area (Å²) in [6.45, 7) is 2.08. The highest BCUT2D eigenvalue weighted by atomic mass is 35.5. The maximum atomic E-state index is 11.8. The van der Waals surface area contributed by atoms with E-state index in [0.717, 1.165) is 5.56 Å². The van der Waals surface area contributed by atoms with Crippen molar-refractivity contribution in [3.63, 3.8) is 0 Å². The van der Waals surface area contributed by atoms with E-state index in [1.165, 1.54) is 0 Å². The van der Waals surface area contributed by atoms with Crippen molar-refractivity contribution in [2.75, 3.05) is 26.2 Å². The molecule has 0 bridgehead atoms. The molecule has 1 fully saturated rings. The predicted molar refractivity (Wildman–Crippen MR) is 70.4 cm³/mol. The fraction of sp³-hybridized carbons (Fsp3) is 0.462. The molecule has 1 aliphatic heterocycles. The van der Waals surface area contributed by atoms with Gasteiger partial charge in [0.2, 0.25) is 5.91 Å². The first-order valence-electron chi connectivity index (χ1n) is 6.06. The van der Waals surface area contributed by atoms with Crippen LogP contribution in [-0.4, -0.2) is 37.0 Å². The van der Waals surface area contributed by atoms with Crippen molar-refractivity contribution in [2.45, 2.75) is 12.5 Å². The van der Waals surface area contributed by atoms with Gasteiger partial charge in [-0.3, -0.25) is 4.79 Å². The Bertz CT molecular complexity index is 425. The molecule has 2 rings (SSSR count). The van der Waals surface area contributed by atoms with Crippen LogP contribution < -0.4 is 5.73 Å². The Labute approximate surface area is 112 Å². The zero-order valence-corrected chi connectivity index (χ0v) is 10.9. The summed E-state index contributed by atoms with van der Waals surface area (Å²) >= 11 is 6.14. The minimum atomic E-state index is -0.144. The monoisotopic (exact) mass is 268 g/mol. The summed E-state index contributed by atoms with van der Waals surface area (Å²) in [6.07, 6.45) is 0.240.